The molecule has 2 aromatic rings. The van der Waals surface area contributed by atoms with Crippen LogP contribution in [0.4, 0.5) is 5.69 Å². The second-order valence-corrected chi connectivity index (χ2v) is 5.95. The molecule has 1 heterocycles. The Morgan fingerprint density at radius 2 is 2.06 bits per heavy atom. The van der Waals surface area contributed by atoms with Crippen molar-refractivity contribution in [1.29, 1.82) is 0 Å². The molecule has 0 bridgehead atoms. The molecular formula is C14H16ClIN2. The molecule has 0 fully saturated rings. The molecule has 2 rings (SSSR count). The Morgan fingerprint density at radius 3 is 2.72 bits per heavy atom. The number of nitrogens with one attached hydrogen (secondary N) is 1. The standard InChI is InChI=1S/C14H16ClIN2/c1-4-7-17-13-8(2)9(3)18-14-10(15)5-6-11(16)12(13)14/h5-6H,4,7H2,1-3H3,(H,17,18). The summed E-state index contributed by atoms with van der Waals surface area (Å²) in [6.07, 6.45) is 1.10. The van der Waals surface area contributed by atoms with E-state index in [0.29, 0.717) is 5.02 Å². The van der Waals surface area contributed by atoms with Crippen molar-refractivity contribution in [3.05, 3.63) is 32.0 Å². The van der Waals surface area contributed by atoms with E-state index in [2.05, 4.69) is 46.7 Å². The van der Waals surface area contributed by atoms with Crippen molar-refractivity contribution < 1.29 is 0 Å². The van der Waals surface area contributed by atoms with E-state index in [4.69, 9.17) is 11.6 Å². The van der Waals surface area contributed by atoms with Gasteiger partial charge in [0.1, 0.15) is 0 Å². The summed E-state index contributed by atoms with van der Waals surface area (Å²) in [7, 11) is 0. The highest BCUT2D eigenvalue weighted by molar-refractivity contribution is 14.1. The van der Waals surface area contributed by atoms with Gasteiger partial charge in [-0.3, -0.25) is 4.98 Å². The van der Waals surface area contributed by atoms with Crippen LogP contribution in [0.1, 0.15) is 24.6 Å². The van der Waals surface area contributed by atoms with E-state index in [1.807, 2.05) is 19.1 Å². The second-order valence-electron chi connectivity index (χ2n) is 4.38. The van der Waals surface area contributed by atoms with Crippen LogP contribution >= 0.6 is 34.2 Å². The first-order valence-corrected chi connectivity index (χ1v) is 7.50. The molecule has 0 amide bonds. The van der Waals surface area contributed by atoms with Crippen LogP contribution in [0.2, 0.25) is 5.02 Å². The number of halogens is 2. The van der Waals surface area contributed by atoms with E-state index in [0.717, 1.165) is 29.6 Å². The van der Waals surface area contributed by atoms with Crippen LogP contribution in [0.15, 0.2) is 12.1 Å². The Labute approximate surface area is 126 Å². The van der Waals surface area contributed by atoms with Crippen LogP contribution in [-0.2, 0) is 0 Å². The summed E-state index contributed by atoms with van der Waals surface area (Å²) in [5.74, 6) is 0. The normalized spacial score (nSPS) is 10.9. The van der Waals surface area contributed by atoms with Crippen molar-refractivity contribution in [2.24, 2.45) is 0 Å². The number of nitrogens with zero attached hydrogens (tertiary/aromatic N) is 1. The minimum atomic E-state index is 0.716. The Balaban J connectivity index is 2.79. The lowest BCUT2D eigenvalue weighted by atomic mass is 10.1. The molecule has 1 aromatic heterocycles. The number of aryl methyl sites for hydroxylation is 1. The molecule has 0 aliphatic heterocycles. The number of anilines is 1. The average molecular weight is 375 g/mol. The summed E-state index contributed by atoms with van der Waals surface area (Å²) in [6, 6.07) is 3.95. The van der Waals surface area contributed by atoms with Gasteiger partial charge in [-0.05, 0) is 60.6 Å². The highest BCUT2D eigenvalue weighted by Gasteiger charge is 2.13. The van der Waals surface area contributed by atoms with Gasteiger partial charge in [-0.1, -0.05) is 18.5 Å². The number of rotatable bonds is 3. The highest BCUT2D eigenvalue weighted by atomic mass is 127. The fourth-order valence-electron chi connectivity index (χ4n) is 1.98. The molecule has 1 N–H and O–H groups in total. The van der Waals surface area contributed by atoms with E-state index < -0.39 is 0 Å². The molecule has 96 valence electrons. The molecule has 0 atom stereocenters. The monoisotopic (exact) mass is 374 g/mol. The summed E-state index contributed by atoms with van der Waals surface area (Å²) in [5.41, 5.74) is 4.30. The minimum absolute atomic E-state index is 0.716. The first kappa shape index (κ1) is 13.9. The average Bonchev–Trinajstić information content (AvgIpc) is 2.35. The van der Waals surface area contributed by atoms with Crippen LogP contribution < -0.4 is 5.32 Å². The number of pyridine rings is 1. The van der Waals surface area contributed by atoms with Gasteiger partial charge in [-0.15, -0.1) is 0 Å². The summed E-state index contributed by atoms with van der Waals surface area (Å²) in [4.78, 5) is 4.63. The van der Waals surface area contributed by atoms with Crippen LogP contribution in [-0.4, -0.2) is 11.5 Å². The molecular weight excluding hydrogens is 359 g/mol. The van der Waals surface area contributed by atoms with E-state index in [1.54, 1.807) is 0 Å². The highest BCUT2D eigenvalue weighted by Crippen LogP contribution is 2.35. The zero-order valence-corrected chi connectivity index (χ0v) is 13.7. The van der Waals surface area contributed by atoms with Gasteiger partial charge < -0.3 is 5.32 Å². The van der Waals surface area contributed by atoms with Gasteiger partial charge in [0, 0.05) is 26.9 Å². The zero-order valence-electron chi connectivity index (χ0n) is 10.8. The Morgan fingerprint density at radius 1 is 1.33 bits per heavy atom. The van der Waals surface area contributed by atoms with Crippen LogP contribution in [0.3, 0.4) is 0 Å². The number of hydrogen-bond donors (Lipinski definition) is 1. The number of aromatic nitrogens is 1. The Bertz CT molecular complexity index is 596. The van der Waals surface area contributed by atoms with Crippen molar-refractivity contribution in [1.82, 2.24) is 4.98 Å². The lowest BCUT2D eigenvalue weighted by molar-refractivity contribution is 0.977. The molecule has 0 saturated heterocycles. The third kappa shape index (κ3) is 2.43. The van der Waals surface area contributed by atoms with Gasteiger partial charge >= 0.3 is 0 Å². The fourth-order valence-corrected chi connectivity index (χ4v) is 2.88. The lowest BCUT2D eigenvalue weighted by Gasteiger charge is -2.16. The number of benzene rings is 1. The summed E-state index contributed by atoms with van der Waals surface area (Å²) in [6.45, 7) is 7.26. The SMILES string of the molecule is CCCNc1c(C)c(C)nc2c(Cl)ccc(I)c12. The Hall–Kier alpha value is -0.550. The number of hydrogen-bond acceptors (Lipinski definition) is 2. The van der Waals surface area contributed by atoms with E-state index in [9.17, 15) is 0 Å². The molecule has 0 aliphatic rings. The minimum Gasteiger partial charge on any atom is -0.384 e. The van der Waals surface area contributed by atoms with E-state index in [1.165, 1.54) is 14.8 Å². The van der Waals surface area contributed by atoms with Gasteiger partial charge in [0.25, 0.3) is 0 Å². The molecule has 2 nitrogen and oxygen atoms in total. The summed E-state index contributed by atoms with van der Waals surface area (Å²) in [5, 5.41) is 5.37. The lowest BCUT2D eigenvalue weighted by Crippen LogP contribution is -2.05. The molecule has 0 unspecified atom stereocenters. The van der Waals surface area contributed by atoms with Gasteiger partial charge in [0.05, 0.1) is 10.5 Å². The van der Waals surface area contributed by atoms with Crippen LogP contribution in [0, 0.1) is 17.4 Å². The van der Waals surface area contributed by atoms with Gasteiger partial charge in [0.15, 0.2) is 0 Å². The first-order chi connectivity index (χ1) is 8.56. The van der Waals surface area contributed by atoms with Gasteiger partial charge in [0.2, 0.25) is 0 Å². The maximum atomic E-state index is 6.27. The molecule has 0 saturated carbocycles. The first-order valence-electron chi connectivity index (χ1n) is 6.05. The summed E-state index contributed by atoms with van der Waals surface area (Å²) >= 11 is 8.61. The van der Waals surface area contributed by atoms with Crippen LogP contribution in [0.5, 0.6) is 0 Å². The smallest absolute Gasteiger partial charge is 0.0922 e. The third-order valence-corrected chi connectivity index (χ3v) is 4.28. The fraction of sp³-hybridized carbons (Fsp3) is 0.357. The van der Waals surface area contributed by atoms with Crippen molar-refractivity contribution in [3.63, 3.8) is 0 Å². The summed E-state index contributed by atoms with van der Waals surface area (Å²) < 4.78 is 1.18. The molecule has 0 spiro atoms. The largest absolute Gasteiger partial charge is 0.384 e. The third-order valence-electron chi connectivity index (χ3n) is 3.08. The van der Waals surface area contributed by atoms with Crippen molar-refractivity contribution in [2.45, 2.75) is 27.2 Å². The van der Waals surface area contributed by atoms with Gasteiger partial charge in [-0.25, -0.2) is 0 Å². The van der Waals surface area contributed by atoms with Gasteiger partial charge in [-0.2, -0.15) is 0 Å². The number of fused-ring (bicyclic) bond motifs is 1. The van der Waals surface area contributed by atoms with E-state index in [-0.39, 0.29) is 0 Å². The molecule has 0 radical (unpaired) electrons. The predicted octanol–water partition coefficient (Wildman–Crippen LogP) is 4.93. The molecule has 4 heteroatoms. The van der Waals surface area contributed by atoms with E-state index >= 15 is 0 Å². The maximum absolute atomic E-state index is 6.27. The van der Waals surface area contributed by atoms with Crippen molar-refractivity contribution in [3.8, 4) is 0 Å². The van der Waals surface area contributed by atoms with Crippen LogP contribution in [0.25, 0.3) is 10.9 Å². The predicted molar refractivity (Wildman–Crippen MR) is 87.7 cm³/mol. The van der Waals surface area contributed by atoms with Crippen molar-refractivity contribution in [2.75, 3.05) is 11.9 Å². The van der Waals surface area contributed by atoms with Crippen molar-refractivity contribution >= 4 is 50.8 Å². The molecule has 0 aliphatic carbocycles. The second kappa shape index (κ2) is 5.61. The molecule has 18 heavy (non-hydrogen) atoms. The topological polar surface area (TPSA) is 24.9 Å². The quantitative estimate of drug-likeness (QED) is 0.770. The maximum Gasteiger partial charge on any atom is 0.0922 e. The Kier molecular flexibility index (Phi) is 4.33. The zero-order chi connectivity index (χ0) is 13.3. The molecule has 1 aromatic carbocycles.